The van der Waals surface area contributed by atoms with Crippen molar-refractivity contribution < 1.29 is 19.2 Å². The molecule has 1 aliphatic carbocycles. The molecule has 34 heavy (non-hydrogen) atoms. The number of carbonyl (C=O) groups excluding carboxylic acids is 2. The first kappa shape index (κ1) is 23.5. The molecule has 7 nitrogen and oxygen atoms in total. The molecule has 0 radical (unpaired) electrons. The maximum Gasteiger partial charge on any atom is 0.315 e. The maximum atomic E-state index is 13.4. The molecule has 1 unspecified atom stereocenters. The number of nitro benzene ring substituents is 1. The molecule has 2 aromatic rings. The number of ketones is 1. The van der Waals surface area contributed by atoms with E-state index >= 15 is 0 Å². The van der Waals surface area contributed by atoms with Gasteiger partial charge in [0.05, 0.1) is 11.5 Å². The van der Waals surface area contributed by atoms with Crippen LogP contribution < -0.4 is 0 Å². The lowest BCUT2D eigenvalue weighted by Gasteiger charge is -2.38. The van der Waals surface area contributed by atoms with Crippen molar-refractivity contribution in [2.75, 3.05) is 6.61 Å². The number of ether oxygens (including phenoxy) is 1. The zero-order chi connectivity index (χ0) is 24.5. The lowest BCUT2D eigenvalue weighted by atomic mass is 9.66. The van der Waals surface area contributed by atoms with Crippen LogP contribution in [-0.4, -0.2) is 29.0 Å². The third-order valence-corrected chi connectivity index (χ3v) is 6.50. The summed E-state index contributed by atoms with van der Waals surface area (Å²) >= 11 is 0. The third-order valence-electron chi connectivity index (χ3n) is 6.50. The molecular weight excluding hydrogens is 432 g/mol. The number of esters is 1. The number of carbonyl (C=O) groups is 2. The first-order valence-electron chi connectivity index (χ1n) is 11.4. The second-order valence-electron chi connectivity index (χ2n) is 9.73. The van der Waals surface area contributed by atoms with Crippen molar-refractivity contribution >= 4 is 23.2 Å². The summed E-state index contributed by atoms with van der Waals surface area (Å²) in [5, 5.41) is 11.9. The molecule has 0 bridgehead atoms. The second-order valence-corrected chi connectivity index (χ2v) is 9.73. The van der Waals surface area contributed by atoms with Crippen LogP contribution in [0.4, 0.5) is 5.69 Å². The number of nitro groups is 1. The molecule has 7 heteroatoms. The molecule has 0 saturated heterocycles. The van der Waals surface area contributed by atoms with Gasteiger partial charge in [-0.05, 0) is 24.3 Å². The Hall–Kier alpha value is -3.61. The number of rotatable bonds is 6. The molecular formula is C27H28N2O5. The Morgan fingerprint density at radius 3 is 2.50 bits per heavy atom. The molecule has 2 aliphatic rings. The van der Waals surface area contributed by atoms with Gasteiger partial charge in [-0.15, -0.1) is 0 Å². The topological polar surface area (TPSA) is 98.9 Å². The van der Waals surface area contributed by atoms with Crippen molar-refractivity contribution in [3.05, 3.63) is 87.1 Å². The van der Waals surface area contributed by atoms with Crippen LogP contribution in [0.1, 0.15) is 50.7 Å². The fourth-order valence-electron chi connectivity index (χ4n) is 5.01. The molecule has 0 fully saturated rings. The molecule has 0 amide bonds. The minimum absolute atomic E-state index is 0.117. The van der Waals surface area contributed by atoms with Gasteiger partial charge >= 0.3 is 5.97 Å². The number of Topliss-reactive ketones (excluding diaryl/α,β-unsaturated/α-hetero) is 1. The second kappa shape index (κ2) is 9.33. The maximum absolute atomic E-state index is 13.4. The van der Waals surface area contributed by atoms with Gasteiger partial charge in [0.15, 0.2) is 5.78 Å². The number of hydrogen-bond donors (Lipinski definition) is 0. The highest BCUT2D eigenvalue weighted by molar-refractivity contribution is 6.09. The lowest BCUT2D eigenvalue weighted by Crippen LogP contribution is -2.39. The standard InChI is InChI=1S/C27H28N2O5/c1-17-23(26(31)34-14-13-18-9-5-4-6-10-18)24(19-11-7-8-12-21(19)29(32)33)25-20(28-17)15-27(2,3)16-22(25)30/h4-12,23-24H,13-16H2,1-3H3/t23?,24-/m1/s1. The number of para-hydroxylation sites is 1. The van der Waals surface area contributed by atoms with E-state index in [0.717, 1.165) is 5.56 Å². The highest BCUT2D eigenvalue weighted by Crippen LogP contribution is 2.49. The van der Waals surface area contributed by atoms with E-state index < -0.39 is 22.7 Å². The predicted molar refractivity (Wildman–Crippen MR) is 129 cm³/mol. The Kier molecular flexibility index (Phi) is 6.46. The van der Waals surface area contributed by atoms with Gasteiger partial charge in [-0.3, -0.25) is 24.7 Å². The SMILES string of the molecule is CC1=NC2=C(C(=O)CC(C)(C)C2)[C@H](c2ccccc2[N+](=O)[O-])C1C(=O)OCCc1ccccc1. The largest absolute Gasteiger partial charge is 0.465 e. The first-order chi connectivity index (χ1) is 16.2. The fourth-order valence-corrected chi connectivity index (χ4v) is 5.01. The molecule has 4 rings (SSSR count). The van der Waals surface area contributed by atoms with Crippen LogP contribution in [0.25, 0.3) is 0 Å². The van der Waals surface area contributed by atoms with Gasteiger partial charge in [0.25, 0.3) is 5.69 Å². The van der Waals surface area contributed by atoms with Gasteiger partial charge in [-0.1, -0.05) is 62.4 Å². The van der Waals surface area contributed by atoms with Crippen molar-refractivity contribution in [1.29, 1.82) is 0 Å². The van der Waals surface area contributed by atoms with E-state index in [0.29, 0.717) is 41.8 Å². The van der Waals surface area contributed by atoms with Crippen molar-refractivity contribution in [2.45, 2.75) is 46.0 Å². The predicted octanol–water partition coefficient (Wildman–Crippen LogP) is 5.20. The summed E-state index contributed by atoms with van der Waals surface area (Å²) in [5.74, 6) is -2.35. The quantitative estimate of drug-likeness (QED) is 0.335. The number of benzene rings is 2. The van der Waals surface area contributed by atoms with Crippen LogP contribution >= 0.6 is 0 Å². The summed E-state index contributed by atoms with van der Waals surface area (Å²) in [4.78, 5) is 42.8. The Labute approximate surface area is 198 Å². The van der Waals surface area contributed by atoms with Crippen molar-refractivity contribution in [3.63, 3.8) is 0 Å². The summed E-state index contributed by atoms with van der Waals surface area (Å²) in [6, 6.07) is 16.0. The van der Waals surface area contributed by atoms with Crippen molar-refractivity contribution in [2.24, 2.45) is 16.3 Å². The highest BCUT2D eigenvalue weighted by Gasteiger charge is 2.47. The van der Waals surface area contributed by atoms with Gasteiger partial charge < -0.3 is 4.74 Å². The van der Waals surface area contributed by atoms with Crippen molar-refractivity contribution in [3.8, 4) is 0 Å². The van der Waals surface area contributed by atoms with Crippen LogP contribution in [0.15, 0.2) is 70.9 Å². The zero-order valence-corrected chi connectivity index (χ0v) is 19.6. The van der Waals surface area contributed by atoms with Gasteiger partial charge in [-0.25, -0.2) is 0 Å². The minimum Gasteiger partial charge on any atom is -0.465 e. The molecule has 0 aromatic heterocycles. The summed E-state index contributed by atoms with van der Waals surface area (Å²) in [7, 11) is 0. The van der Waals surface area contributed by atoms with E-state index in [1.165, 1.54) is 6.07 Å². The average Bonchev–Trinajstić information content (AvgIpc) is 2.77. The summed E-state index contributed by atoms with van der Waals surface area (Å²) in [5.41, 5.74) is 2.53. The van der Waals surface area contributed by atoms with Gasteiger partial charge in [0, 0.05) is 47.4 Å². The average molecular weight is 461 g/mol. The van der Waals surface area contributed by atoms with E-state index in [2.05, 4.69) is 4.99 Å². The van der Waals surface area contributed by atoms with Crippen LogP contribution in [0, 0.1) is 21.4 Å². The van der Waals surface area contributed by atoms with Crippen LogP contribution in [0.3, 0.4) is 0 Å². The number of nitrogens with zero attached hydrogens (tertiary/aromatic N) is 2. The Morgan fingerprint density at radius 1 is 1.12 bits per heavy atom. The Balaban J connectivity index is 1.73. The zero-order valence-electron chi connectivity index (χ0n) is 19.6. The summed E-state index contributed by atoms with van der Waals surface area (Å²) < 4.78 is 5.64. The van der Waals surface area contributed by atoms with Gasteiger partial charge in [0.2, 0.25) is 0 Å². The molecule has 1 heterocycles. The van der Waals surface area contributed by atoms with Gasteiger partial charge in [0.1, 0.15) is 5.92 Å². The normalized spacial score (nSPS) is 21.5. The molecule has 0 N–H and O–H groups in total. The lowest BCUT2D eigenvalue weighted by molar-refractivity contribution is -0.385. The molecule has 2 atom stereocenters. The van der Waals surface area contributed by atoms with Gasteiger partial charge in [-0.2, -0.15) is 0 Å². The minimum atomic E-state index is -0.902. The number of allylic oxidation sites excluding steroid dienone is 2. The Bertz CT molecular complexity index is 1200. The van der Waals surface area contributed by atoms with E-state index in [1.807, 2.05) is 44.2 Å². The monoisotopic (exact) mass is 460 g/mol. The van der Waals surface area contributed by atoms with E-state index in [1.54, 1.807) is 25.1 Å². The Morgan fingerprint density at radius 2 is 1.79 bits per heavy atom. The van der Waals surface area contributed by atoms with Crippen LogP contribution in [0.5, 0.6) is 0 Å². The third kappa shape index (κ3) is 4.69. The summed E-state index contributed by atoms with van der Waals surface area (Å²) in [6.45, 7) is 5.91. The smallest absolute Gasteiger partial charge is 0.315 e. The molecule has 0 spiro atoms. The molecule has 0 saturated carbocycles. The van der Waals surface area contributed by atoms with Crippen LogP contribution in [-0.2, 0) is 20.7 Å². The van der Waals surface area contributed by atoms with E-state index in [4.69, 9.17) is 4.74 Å². The van der Waals surface area contributed by atoms with E-state index in [9.17, 15) is 19.7 Å². The molecule has 176 valence electrons. The van der Waals surface area contributed by atoms with Crippen molar-refractivity contribution in [1.82, 2.24) is 0 Å². The summed E-state index contributed by atoms with van der Waals surface area (Å²) in [6.07, 6.45) is 1.42. The molecule has 2 aromatic carbocycles. The number of hydrogen-bond acceptors (Lipinski definition) is 6. The molecule has 1 aliphatic heterocycles. The highest BCUT2D eigenvalue weighted by atomic mass is 16.6. The van der Waals surface area contributed by atoms with E-state index in [-0.39, 0.29) is 23.5 Å². The number of aliphatic imine (C=N–C) groups is 1. The fraction of sp³-hybridized carbons (Fsp3) is 0.370. The van der Waals surface area contributed by atoms with Crippen LogP contribution in [0.2, 0.25) is 0 Å². The first-order valence-corrected chi connectivity index (χ1v) is 11.4.